The SMILES string of the molecule is CCOc1ccc2nc(N(CCN(C)C)C(=O)c3cc(-c4cccs4)nc4ccccc34)sc2c1. The second kappa shape index (κ2) is 10.1. The summed E-state index contributed by atoms with van der Waals surface area (Å²) in [6.07, 6.45) is 0. The van der Waals surface area contributed by atoms with Gasteiger partial charge < -0.3 is 9.64 Å². The van der Waals surface area contributed by atoms with Gasteiger partial charge in [-0.1, -0.05) is 35.6 Å². The van der Waals surface area contributed by atoms with E-state index in [9.17, 15) is 4.79 Å². The highest BCUT2D eigenvalue weighted by molar-refractivity contribution is 7.22. The molecule has 8 heteroatoms. The predicted octanol–water partition coefficient (Wildman–Crippen LogP) is 6.18. The van der Waals surface area contributed by atoms with Crippen LogP contribution in [0.2, 0.25) is 0 Å². The van der Waals surface area contributed by atoms with E-state index in [1.54, 1.807) is 16.2 Å². The van der Waals surface area contributed by atoms with Crippen molar-refractivity contribution in [1.82, 2.24) is 14.9 Å². The molecular formula is C27H26N4O2S2. The summed E-state index contributed by atoms with van der Waals surface area (Å²) in [5.74, 6) is 0.731. The summed E-state index contributed by atoms with van der Waals surface area (Å²) < 4.78 is 6.65. The van der Waals surface area contributed by atoms with Crippen LogP contribution in [0.5, 0.6) is 5.75 Å². The monoisotopic (exact) mass is 502 g/mol. The Bertz CT molecular complexity index is 1480. The third-order valence-electron chi connectivity index (χ3n) is 5.63. The van der Waals surface area contributed by atoms with Gasteiger partial charge in [-0.3, -0.25) is 9.69 Å². The highest BCUT2D eigenvalue weighted by Crippen LogP contribution is 2.34. The number of carbonyl (C=O) groups excluding carboxylic acids is 1. The molecule has 3 heterocycles. The van der Waals surface area contributed by atoms with E-state index >= 15 is 0 Å². The molecule has 0 atom stereocenters. The first kappa shape index (κ1) is 23.4. The van der Waals surface area contributed by atoms with E-state index in [1.807, 2.05) is 87.1 Å². The van der Waals surface area contributed by atoms with Gasteiger partial charge in [-0.25, -0.2) is 9.97 Å². The lowest BCUT2D eigenvalue weighted by atomic mass is 10.1. The fraction of sp³-hybridized carbons (Fsp3) is 0.222. The maximum absolute atomic E-state index is 14.2. The zero-order chi connectivity index (χ0) is 24.4. The highest BCUT2D eigenvalue weighted by Gasteiger charge is 2.24. The minimum absolute atomic E-state index is 0.0765. The van der Waals surface area contributed by atoms with E-state index in [-0.39, 0.29) is 5.91 Å². The summed E-state index contributed by atoms with van der Waals surface area (Å²) in [5, 5.41) is 3.54. The number of rotatable bonds is 8. The number of hydrogen-bond donors (Lipinski definition) is 0. The van der Waals surface area contributed by atoms with Crippen molar-refractivity contribution < 1.29 is 9.53 Å². The Labute approximate surface area is 212 Å². The first-order valence-electron chi connectivity index (χ1n) is 11.5. The number of benzene rings is 2. The Balaban J connectivity index is 1.61. The molecule has 0 spiro atoms. The van der Waals surface area contributed by atoms with Crippen molar-refractivity contribution in [3.8, 4) is 16.3 Å². The summed E-state index contributed by atoms with van der Waals surface area (Å²) in [4.78, 5) is 28.7. The van der Waals surface area contributed by atoms with Gasteiger partial charge in [0.2, 0.25) is 0 Å². The van der Waals surface area contributed by atoms with Gasteiger partial charge in [-0.05, 0) is 62.8 Å². The van der Waals surface area contributed by atoms with Gasteiger partial charge in [0.15, 0.2) is 5.13 Å². The molecular weight excluding hydrogens is 476 g/mol. The summed E-state index contributed by atoms with van der Waals surface area (Å²) in [6.45, 7) is 3.81. The van der Waals surface area contributed by atoms with Crippen molar-refractivity contribution in [3.63, 3.8) is 0 Å². The molecule has 2 aromatic carbocycles. The fourth-order valence-electron chi connectivity index (χ4n) is 3.90. The van der Waals surface area contributed by atoms with Crippen LogP contribution in [-0.2, 0) is 0 Å². The molecule has 0 aliphatic carbocycles. The van der Waals surface area contributed by atoms with Crippen LogP contribution in [-0.4, -0.2) is 54.6 Å². The minimum atomic E-state index is -0.0765. The molecule has 0 saturated heterocycles. The van der Waals surface area contributed by atoms with Gasteiger partial charge in [-0.15, -0.1) is 11.3 Å². The van der Waals surface area contributed by atoms with E-state index in [2.05, 4.69) is 4.90 Å². The number of thiazole rings is 1. The smallest absolute Gasteiger partial charge is 0.260 e. The predicted molar refractivity (Wildman–Crippen MR) is 146 cm³/mol. The van der Waals surface area contributed by atoms with E-state index in [0.717, 1.165) is 37.4 Å². The number of anilines is 1. The van der Waals surface area contributed by atoms with E-state index in [1.165, 1.54) is 11.3 Å². The summed E-state index contributed by atoms with van der Waals surface area (Å²) in [5.41, 5.74) is 3.10. The molecule has 1 amide bonds. The molecule has 35 heavy (non-hydrogen) atoms. The molecule has 0 N–H and O–H groups in total. The number of para-hydroxylation sites is 1. The van der Waals surface area contributed by atoms with Gasteiger partial charge in [-0.2, -0.15) is 0 Å². The lowest BCUT2D eigenvalue weighted by molar-refractivity contribution is 0.0986. The van der Waals surface area contributed by atoms with Gasteiger partial charge in [0.05, 0.1) is 38.5 Å². The number of hydrogen-bond acceptors (Lipinski definition) is 7. The zero-order valence-electron chi connectivity index (χ0n) is 19.9. The van der Waals surface area contributed by atoms with E-state index in [0.29, 0.717) is 30.4 Å². The third kappa shape index (κ3) is 4.91. The maximum atomic E-state index is 14.2. The molecule has 0 saturated carbocycles. The number of amides is 1. The number of ether oxygens (including phenoxy) is 1. The normalized spacial score (nSPS) is 11.4. The van der Waals surface area contributed by atoms with Crippen molar-refractivity contribution >= 4 is 54.8 Å². The van der Waals surface area contributed by atoms with E-state index < -0.39 is 0 Å². The molecule has 0 bridgehead atoms. The average molecular weight is 503 g/mol. The number of pyridine rings is 1. The molecule has 0 radical (unpaired) electrons. The minimum Gasteiger partial charge on any atom is -0.494 e. The average Bonchev–Trinajstić information content (AvgIpc) is 3.53. The van der Waals surface area contributed by atoms with Crippen LogP contribution in [0.25, 0.3) is 31.7 Å². The first-order valence-corrected chi connectivity index (χ1v) is 13.2. The highest BCUT2D eigenvalue weighted by atomic mass is 32.1. The zero-order valence-corrected chi connectivity index (χ0v) is 21.5. The Kier molecular flexibility index (Phi) is 6.77. The van der Waals surface area contributed by atoms with Crippen LogP contribution in [0, 0.1) is 0 Å². The Morgan fingerprint density at radius 2 is 1.83 bits per heavy atom. The Morgan fingerprint density at radius 1 is 0.971 bits per heavy atom. The van der Waals surface area contributed by atoms with Crippen molar-refractivity contribution in [2.75, 3.05) is 38.7 Å². The molecule has 5 aromatic rings. The number of nitrogens with zero attached hydrogens (tertiary/aromatic N) is 4. The Hall–Kier alpha value is -3.33. The van der Waals surface area contributed by atoms with Crippen LogP contribution in [0.4, 0.5) is 5.13 Å². The number of likely N-dealkylation sites (N-methyl/N-ethyl adjacent to an activating group) is 1. The van der Waals surface area contributed by atoms with Crippen LogP contribution in [0.15, 0.2) is 66.0 Å². The van der Waals surface area contributed by atoms with Crippen LogP contribution in [0.1, 0.15) is 17.3 Å². The van der Waals surface area contributed by atoms with Crippen LogP contribution < -0.4 is 9.64 Å². The molecule has 0 aliphatic rings. The van der Waals surface area contributed by atoms with Crippen LogP contribution in [0.3, 0.4) is 0 Å². The maximum Gasteiger partial charge on any atom is 0.260 e. The van der Waals surface area contributed by atoms with Gasteiger partial charge in [0.1, 0.15) is 5.75 Å². The van der Waals surface area contributed by atoms with Gasteiger partial charge in [0, 0.05) is 18.5 Å². The summed E-state index contributed by atoms with van der Waals surface area (Å²) in [7, 11) is 4.01. The number of fused-ring (bicyclic) bond motifs is 2. The molecule has 0 fully saturated rings. The molecule has 0 aliphatic heterocycles. The van der Waals surface area contributed by atoms with Crippen molar-refractivity contribution in [3.05, 3.63) is 71.6 Å². The molecule has 3 aromatic heterocycles. The summed E-state index contributed by atoms with van der Waals surface area (Å²) in [6, 6.07) is 19.6. The van der Waals surface area contributed by atoms with Crippen molar-refractivity contribution in [1.29, 1.82) is 0 Å². The largest absolute Gasteiger partial charge is 0.494 e. The standard InChI is InChI=1S/C27H26N4O2S2/c1-4-33-18-11-12-22-25(16-18)35-27(29-22)31(14-13-30(2)3)26(32)20-17-23(24-10-7-15-34-24)28-21-9-6-5-8-19(20)21/h5-12,15-17H,4,13-14H2,1-3H3. The molecule has 178 valence electrons. The second-order valence-electron chi connectivity index (χ2n) is 8.37. The molecule has 0 unspecified atom stereocenters. The number of carbonyl (C=O) groups is 1. The van der Waals surface area contributed by atoms with Crippen LogP contribution >= 0.6 is 22.7 Å². The quantitative estimate of drug-likeness (QED) is 0.254. The van der Waals surface area contributed by atoms with Crippen molar-refractivity contribution in [2.24, 2.45) is 0 Å². The van der Waals surface area contributed by atoms with Crippen molar-refractivity contribution in [2.45, 2.75) is 6.92 Å². The summed E-state index contributed by atoms with van der Waals surface area (Å²) >= 11 is 3.13. The fourth-order valence-corrected chi connectivity index (χ4v) is 5.60. The topological polar surface area (TPSA) is 58.6 Å². The lowest BCUT2D eigenvalue weighted by Crippen LogP contribution is -2.37. The molecule has 5 rings (SSSR count). The molecule has 6 nitrogen and oxygen atoms in total. The van der Waals surface area contributed by atoms with Gasteiger partial charge >= 0.3 is 0 Å². The number of thiophene rings is 1. The Morgan fingerprint density at radius 3 is 2.60 bits per heavy atom. The first-order chi connectivity index (χ1) is 17.0. The van der Waals surface area contributed by atoms with Gasteiger partial charge in [0.25, 0.3) is 5.91 Å². The third-order valence-corrected chi connectivity index (χ3v) is 7.56. The second-order valence-corrected chi connectivity index (χ2v) is 10.3. The van der Waals surface area contributed by atoms with E-state index in [4.69, 9.17) is 14.7 Å². The number of aromatic nitrogens is 2. The lowest BCUT2D eigenvalue weighted by Gasteiger charge is -2.23.